The van der Waals surface area contributed by atoms with Gasteiger partial charge in [0.1, 0.15) is 11.5 Å². The minimum atomic E-state index is -0.278. The molecule has 3 heterocycles. The Labute approximate surface area is 140 Å². The summed E-state index contributed by atoms with van der Waals surface area (Å²) in [6, 6.07) is 6.14. The summed E-state index contributed by atoms with van der Waals surface area (Å²) in [5, 5.41) is 4.25. The van der Waals surface area contributed by atoms with Crippen molar-refractivity contribution in [2.45, 2.75) is 39.0 Å². The van der Waals surface area contributed by atoms with Crippen LogP contribution in [-0.4, -0.2) is 29.1 Å². The third-order valence-electron chi connectivity index (χ3n) is 4.85. The van der Waals surface area contributed by atoms with Crippen LogP contribution < -0.4 is 5.73 Å². The van der Waals surface area contributed by atoms with Crippen molar-refractivity contribution < 1.29 is 14.1 Å². The lowest BCUT2D eigenvalue weighted by atomic mass is 9.92. The van der Waals surface area contributed by atoms with Crippen molar-refractivity contribution in [2.75, 3.05) is 13.2 Å². The second kappa shape index (κ2) is 6.37. The fourth-order valence-corrected chi connectivity index (χ4v) is 3.65. The summed E-state index contributed by atoms with van der Waals surface area (Å²) >= 11 is 0. The Hall–Kier alpha value is -2.18. The van der Waals surface area contributed by atoms with E-state index in [2.05, 4.69) is 16.1 Å². The summed E-state index contributed by atoms with van der Waals surface area (Å²) in [7, 11) is 0. The quantitative estimate of drug-likeness (QED) is 0.916. The van der Waals surface area contributed by atoms with Gasteiger partial charge in [-0.2, -0.15) is 0 Å². The zero-order valence-corrected chi connectivity index (χ0v) is 13.6. The predicted molar refractivity (Wildman–Crippen MR) is 87.0 cm³/mol. The van der Waals surface area contributed by atoms with Crippen LogP contribution in [0.4, 0.5) is 0 Å². The average molecular weight is 327 g/mol. The fraction of sp³-hybridized carbons (Fsp3) is 0.444. The monoisotopic (exact) mass is 327 g/mol. The number of carbonyl (C=O) groups excluding carboxylic acids is 1. The van der Waals surface area contributed by atoms with Gasteiger partial charge in [-0.05, 0) is 23.1 Å². The number of carbonyl (C=O) groups is 1. The number of fused-ring (bicyclic) bond motifs is 2. The van der Waals surface area contributed by atoms with Gasteiger partial charge in [0, 0.05) is 31.6 Å². The summed E-state index contributed by atoms with van der Waals surface area (Å²) < 4.78 is 11.0. The predicted octanol–water partition coefficient (Wildman–Crippen LogP) is 1.33. The molecule has 1 aromatic heterocycles. The molecule has 0 saturated carbocycles. The Bertz CT molecular complexity index is 769. The number of nitrogens with two attached hydrogens (primary N) is 1. The minimum absolute atomic E-state index is 0.278. The largest absolute Gasteiger partial charge is 0.376 e. The molecule has 2 aliphatic heterocycles. The Morgan fingerprint density at radius 2 is 2.21 bits per heavy atom. The van der Waals surface area contributed by atoms with Gasteiger partial charge in [0.2, 0.25) is 5.91 Å². The van der Waals surface area contributed by atoms with E-state index in [1.165, 1.54) is 11.1 Å². The Morgan fingerprint density at radius 1 is 1.29 bits per heavy atom. The highest BCUT2D eigenvalue weighted by atomic mass is 16.5. The number of hydrogen-bond donors (Lipinski definition) is 1. The maximum absolute atomic E-state index is 11.2. The van der Waals surface area contributed by atoms with E-state index in [0.717, 1.165) is 55.1 Å². The van der Waals surface area contributed by atoms with Crippen LogP contribution in [0.5, 0.6) is 0 Å². The highest BCUT2D eigenvalue weighted by Crippen LogP contribution is 2.26. The van der Waals surface area contributed by atoms with Crippen molar-refractivity contribution in [3.63, 3.8) is 0 Å². The van der Waals surface area contributed by atoms with Gasteiger partial charge in [0.25, 0.3) is 0 Å². The third kappa shape index (κ3) is 2.95. The highest BCUT2D eigenvalue weighted by Gasteiger charge is 2.24. The molecule has 6 nitrogen and oxygen atoms in total. The lowest BCUT2D eigenvalue weighted by Gasteiger charge is -2.29. The summed E-state index contributed by atoms with van der Waals surface area (Å²) in [5.41, 5.74) is 11.1. The van der Waals surface area contributed by atoms with Crippen molar-refractivity contribution in [1.29, 1.82) is 0 Å². The third-order valence-corrected chi connectivity index (χ3v) is 4.85. The molecule has 0 aliphatic carbocycles. The van der Waals surface area contributed by atoms with Crippen LogP contribution in [0, 0.1) is 0 Å². The standard InChI is InChI=1S/C18H21N3O3/c19-18(22)8-12-2-1-3-13-9-21(6-4-14(12)13)10-16-15-11-23-7-5-17(15)24-20-16/h1-3H,4-11H2,(H2,19,22). The maximum atomic E-state index is 11.2. The van der Waals surface area contributed by atoms with Crippen LogP contribution in [0.25, 0.3) is 0 Å². The van der Waals surface area contributed by atoms with E-state index in [9.17, 15) is 4.79 Å². The topological polar surface area (TPSA) is 81.6 Å². The molecular weight excluding hydrogens is 306 g/mol. The number of ether oxygens (including phenoxy) is 1. The summed E-state index contributed by atoms with van der Waals surface area (Å²) in [4.78, 5) is 13.6. The first kappa shape index (κ1) is 15.4. The second-order valence-corrected chi connectivity index (χ2v) is 6.49. The van der Waals surface area contributed by atoms with Crippen LogP contribution in [0.1, 0.15) is 33.7 Å². The molecular formula is C18H21N3O3. The lowest BCUT2D eigenvalue weighted by Crippen LogP contribution is -2.31. The zero-order valence-electron chi connectivity index (χ0n) is 13.6. The fourth-order valence-electron chi connectivity index (χ4n) is 3.65. The summed E-state index contributed by atoms with van der Waals surface area (Å²) in [5.74, 6) is 0.692. The van der Waals surface area contributed by atoms with Crippen molar-refractivity contribution in [2.24, 2.45) is 5.73 Å². The molecule has 1 aromatic carbocycles. The van der Waals surface area contributed by atoms with Crippen LogP contribution in [0.15, 0.2) is 22.7 Å². The molecule has 0 radical (unpaired) electrons. The van der Waals surface area contributed by atoms with E-state index in [0.29, 0.717) is 19.6 Å². The minimum Gasteiger partial charge on any atom is -0.376 e. The molecule has 0 unspecified atom stereocenters. The van der Waals surface area contributed by atoms with Gasteiger partial charge < -0.3 is 15.0 Å². The van der Waals surface area contributed by atoms with Crippen LogP contribution in [-0.2, 0) is 48.5 Å². The highest BCUT2D eigenvalue weighted by molar-refractivity contribution is 5.77. The van der Waals surface area contributed by atoms with Gasteiger partial charge in [-0.3, -0.25) is 9.69 Å². The molecule has 2 aliphatic rings. The average Bonchev–Trinajstić information content (AvgIpc) is 2.98. The lowest BCUT2D eigenvalue weighted by molar-refractivity contribution is -0.117. The first-order valence-corrected chi connectivity index (χ1v) is 8.35. The molecule has 2 N–H and O–H groups in total. The van der Waals surface area contributed by atoms with Crippen LogP contribution in [0.2, 0.25) is 0 Å². The van der Waals surface area contributed by atoms with E-state index in [4.69, 9.17) is 15.0 Å². The molecule has 0 fully saturated rings. The van der Waals surface area contributed by atoms with E-state index in [1.54, 1.807) is 0 Å². The number of benzene rings is 1. The van der Waals surface area contributed by atoms with Gasteiger partial charge in [-0.25, -0.2) is 0 Å². The van der Waals surface area contributed by atoms with E-state index >= 15 is 0 Å². The van der Waals surface area contributed by atoms with E-state index in [1.807, 2.05) is 12.1 Å². The molecule has 0 bridgehead atoms. The number of aromatic nitrogens is 1. The molecule has 1 amide bonds. The number of nitrogens with zero attached hydrogens (tertiary/aromatic N) is 2. The number of primary amides is 1. The second-order valence-electron chi connectivity index (χ2n) is 6.49. The molecule has 2 aromatic rings. The van der Waals surface area contributed by atoms with Crippen molar-refractivity contribution >= 4 is 5.91 Å². The molecule has 4 rings (SSSR count). The molecule has 126 valence electrons. The smallest absolute Gasteiger partial charge is 0.221 e. The Morgan fingerprint density at radius 3 is 3.08 bits per heavy atom. The van der Waals surface area contributed by atoms with Gasteiger partial charge in [-0.15, -0.1) is 0 Å². The van der Waals surface area contributed by atoms with Crippen molar-refractivity contribution in [3.8, 4) is 0 Å². The first-order chi connectivity index (χ1) is 11.7. The number of hydrogen-bond acceptors (Lipinski definition) is 5. The SMILES string of the molecule is NC(=O)Cc1cccc2c1CCN(Cc1noc3c1COCC3)C2. The van der Waals surface area contributed by atoms with Gasteiger partial charge in [-0.1, -0.05) is 23.4 Å². The molecule has 24 heavy (non-hydrogen) atoms. The van der Waals surface area contributed by atoms with Gasteiger partial charge >= 0.3 is 0 Å². The van der Waals surface area contributed by atoms with E-state index in [-0.39, 0.29) is 5.91 Å². The first-order valence-electron chi connectivity index (χ1n) is 8.35. The molecule has 0 spiro atoms. The summed E-state index contributed by atoms with van der Waals surface area (Å²) in [6.07, 6.45) is 2.05. The Balaban J connectivity index is 1.51. The Kier molecular flexibility index (Phi) is 4.08. The van der Waals surface area contributed by atoms with Gasteiger partial charge in [0.05, 0.1) is 19.6 Å². The maximum Gasteiger partial charge on any atom is 0.221 e. The molecule has 0 saturated heterocycles. The normalized spacial score (nSPS) is 17.3. The van der Waals surface area contributed by atoms with Crippen molar-refractivity contribution in [1.82, 2.24) is 10.1 Å². The molecule has 6 heteroatoms. The molecule has 0 atom stereocenters. The van der Waals surface area contributed by atoms with Gasteiger partial charge in [0.15, 0.2) is 0 Å². The van der Waals surface area contributed by atoms with Crippen LogP contribution >= 0.6 is 0 Å². The zero-order chi connectivity index (χ0) is 16.5. The van der Waals surface area contributed by atoms with Crippen LogP contribution in [0.3, 0.4) is 0 Å². The summed E-state index contributed by atoms with van der Waals surface area (Å²) in [6.45, 7) is 3.86. The number of amides is 1. The van der Waals surface area contributed by atoms with Crippen molar-refractivity contribution in [3.05, 3.63) is 51.9 Å². The number of rotatable bonds is 4. The van der Waals surface area contributed by atoms with E-state index < -0.39 is 0 Å².